The summed E-state index contributed by atoms with van der Waals surface area (Å²) in [4.78, 5) is 41.8. The van der Waals surface area contributed by atoms with Crippen LogP contribution in [0.2, 0.25) is 0 Å². The number of imide groups is 1. The van der Waals surface area contributed by atoms with E-state index in [1.54, 1.807) is 19.9 Å². The van der Waals surface area contributed by atoms with Crippen LogP contribution in [0.1, 0.15) is 31.9 Å². The number of pyridine rings is 1. The van der Waals surface area contributed by atoms with E-state index in [0.717, 1.165) is 9.47 Å². The molecule has 0 aromatic carbocycles. The SMILES string of the molecule is [C-]#[N+]c1c(C)c(C=C2C(=O)N(CC)C(=O)C(C#N)=C2C)c(=O)n(CC)c1[O-]. The summed E-state index contributed by atoms with van der Waals surface area (Å²) in [7, 11) is 0. The molecule has 8 heteroatoms. The Labute approximate surface area is 156 Å². The van der Waals surface area contributed by atoms with Crippen molar-refractivity contribution in [2.45, 2.75) is 34.2 Å². The van der Waals surface area contributed by atoms with Crippen LogP contribution < -0.4 is 10.7 Å². The fourth-order valence-electron chi connectivity index (χ4n) is 2.96. The highest BCUT2D eigenvalue weighted by Crippen LogP contribution is 2.32. The van der Waals surface area contributed by atoms with E-state index in [0.29, 0.717) is 0 Å². The van der Waals surface area contributed by atoms with Gasteiger partial charge in [0, 0.05) is 24.2 Å². The number of hydrogen-bond donors (Lipinski definition) is 0. The van der Waals surface area contributed by atoms with Crippen LogP contribution in [0.4, 0.5) is 5.69 Å². The van der Waals surface area contributed by atoms with Gasteiger partial charge in [-0.3, -0.25) is 19.3 Å². The fraction of sp³-hybridized carbons (Fsp3) is 0.316. The molecule has 0 unspecified atom stereocenters. The van der Waals surface area contributed by atoms with Crippen molar-refractivity contribution in [1.82, 2.24) is 9.47 Å². The van der Waals surface area contributed by atoms with E-state index < -0.39 is 23.3 Å². The first-order valence-corrected chi connectivity index (χ1v) is 8.26. The molecule has 27 heavy (non-hydrogen) atoms. The van der Waals surface area contributed by atoms with Gasteiger partial charge in [-0.15, -0.1) is 0 Å². The van der Waals surface area contributed by atoms with Gasteiger partial charge in [-0.1, -0.05) is 0 Å². The predicted molar refractivity (Wildman–Crippen MR) is 95.5 cm³/mol. The van der Waals surface area contributed by atoms with E-state index in [1.807, 2.05) is 0 Å². The quantitative estimate of drug-likeness (QED) is 0.457. The number of aromatic nitrogens is 1. The molecule has 1 aliphatic heterocycles. The third kappa shape index (κ3) is 2.91. The molecule has 1 aromatic heterocycles. The molecule has 0 atom stereocenters. The second-order valence-corrected chi connectivity index (χ2v) is 5.88. The summed E-state index contributed by atoms with van der Waals surface area (Å²) in [5.74, 6) is -1.99. The van der Waals surface area contributed by atoms with Crippen molar-refractivity contribution in [3.8, 4) is 11.9 Å². The summed E-state index contributed by atoms with van der Waals surface area (Å²) >= 11 is 0. The van der Waals surface area contributed by atoms with Gasteiger partial charge in [-0.2, -0.15) is 5.26 Å². The molecule has 0 bridgehead atoms. The maximum atomic E-state index is 12.7. The zero-order valence-electron chi connectivity index (χ0n) is 15.4. The molecule has 0 saturated carbocycles. The van der Waals surface area contributed by atoms with Crippen LogP contribution >= 0.6 is 0 Å². The number of rotatable bonds is 3. The maximum absolute atomic E-state index is 12.7. The monoisotopic (exact) mass is 365 g/mol. The number of nitrogens with zero attached hydrogens (tertiary/aromatic N) is 4. The lowest BCUT2D eigenvalue weighted by Gasteiger charge is -2.26. The highest BCUT2D eigenvalue weighted by molar-refractivity contribution is 6.19. The smallest absolute Gasteiger partial charge is 0.271 e. The summed E-state index contributed by atoms with van der Waals surface area (Å²) < 4.78 is 0.924. The summed E-state index contributed by atoms with van der Waals surface area (Å²) in [6.07, 6.45) is 1.27. The van der Waals surface area contributed by atoms with Crippen LogP contribution in [0.15, 0.2) is 21.5 Å². The van der Waals surface area contributed by atoms with Crippen LogP contribution in [0.25, 0.3) is 10.9 Å². The number of nitriles is 1. The minimum atomic E-state index is -0.681. The maximum Gasteiger partial charge on any atom is 0.271 e. The number of likely N-dealkylation sites (N-methyl/N-ethyl adjacent to an activating group) is 1. The highest BCUT2D eigenvalue weighted by Gasteiger charge is 2.34. The van der Waals surface area contributed by atoms with E-state index in [2.05, 4.69) is 4.85 Å². The molecule has 0 saturated heterocycles. The average molecular weight is 365 g/mol. The van der Waals surface area contributed by atoms with Crippen LogP contribution in [0.5, 0.6) is 5.88 Å². The molecule has 2 amide bonds. The van der Waals surface area contributed by atoms with Crippen LogP contribution in [0, 0.1) is 24.8 Å². The van der Waals surface area contributed by atoms with Gasteiger partial charge >= 0.3 is 0 Å². The average Bonchev–Trinajstić information content (AvgIpc) is 2.62. The summed E-state index contributed by atoms with van der Waals surface area (Å²) in [5, 5.41) is 21.5. The molecular weight excluding hydrogens is 348 g/mol. The Morgan fingerprint density at radius 3 is 2.30 bits per heavy atom. The Kier molecular flexibility index (Phi) is 5.32. The highest BCUT2D eigenvalue weighted by atomic mass is 16.3. The van der Waals surface area contributed by atoms with Crippen molar-refractivity contribution in [3.63, 3.8) is 0 Å². The topological polar surface area (TPSA) is 111 Å². The Morgan fingerprint density at radius 1 is 1.19 bits per heavy atom. The van der Waals surface area contributed by atoms with Gasteiger partial charge in [0.1, 0.15) is 11.6 Å². The van der Waals surface area contributed by atoms with Crippen molar-refractivity contribution < 1.29 is 14.7 Å². The Bertz CT molecular complexity index is 1060. The van der Waals surface area contributed by atoms with Gasteiger partial charge in [0.05, 0.1) is 6.57 Å². The molecule has 0 fully saturated rings. The second kappa shape index (κ2) is 7.30. The molecule has 0 aliphatic carbocycles. The van der Waals surface area contributed by atoms with Crippen LogP contribution in [-0.2, 0) is 16.1 Å². The van der Waals surface area contributed by atoms with E-state index in [1.165, 1.54) is 19.9 Å². The lowest BCUT2D eigenvalue weighted by atomic mass is 9.93. The first-order valence-electron chi connectivity index (χ1n) is 8.26. The van der Waals surface area contributed by atoms with Crippen molar-refractivity contribution >= 4 is 23.6 Å². The van der Waals surface area contributed by atoms with Gasteiger partial charge in [0.25, 0.3) is 17.4 Å². The third-order valence-electron chi connectivity index (χ3n) is 4.54. The summed E-state index contributed by atoms with van der Waals surface area (Å²) in [6, 6.07) is 1.80. The number of carbonyl (C=O) groups excluding carboxylic acids is 2. The zero-order chi connectivity index (χ0) is 20.5. The zero-order valence-corrected chi connectivity index (χ0v) is 15.4. The van der Waals surface area contributed by atoms with E-state index in [4.69, 9.17) is 6.57 Å². The molecule has 1 aliphatic rings. The molecular formula is C19H17N4O4-. The Balaban J connectivity index is 2.90. The van der Waals surface area contributed by atoms with Crippen molar-refractivity contribution in [2.24, 2.45) is 0 Å². The Morgan fingerprint density at radius 2 is 1.81 bits per heavy atom. The predicted octanol–water partition coefficient (Wildman–Crippen LogP) is 1.41. The summed E-state index contributed by atoms with van der Waals surface area (Å²) in [6.45, 7) is 13.5. The molecule has 0 spiro atoms. The minimum absolute atomic E-state index is 0.0189. The van der Waals surface area contributed by atoms with Crippen LogP contribution in [0.3, 0.4) is 0 Å². The molecule has 2 rings (SSSR count). The van der Waals surface area contributed by atoms with Crippen molar-refractivity contribution in [2.75, 3.05) is 6.54 Å². The van der Waals surface area contributed by atoms with Gasteiger partial charge < -0.3 is 9.67 Å². The molecule has 1 aromatic rings. The van der Waals surface area contributed by atoms with Crippen LogP contribution in [-0.4, -0.2) is 27.8 Å². The first kappa shape index (κ1) is 19.7. The van der Waals surface area contributed by atoms with E-state index >= 15 is 0 Å². The number of hydrogen-bond acceptors (Lipinski definition) is 5. The third-order valence-corrected chi connectivity index (χ3v) is 4.54. The molecule has 0 N–H and O–H groups in total. The largest absolute Gasteiger partial charge is 0.869 e. The van der Waals surface area contributed by atoms with Gasteiger partial charge in [-0.25, -0.2) is 4.85 Å². The second-order valence-electron chi connectivity index (χ2n) is 5.88. The molecule has 0 radical (unpaired) electrons. The fourth-order valence-corrected chi connectivity index (χ4v) is 2.96. The van der Waals surface area contributed by atoms with Gasteiger partial charge in [-0.05, 0) is 50.8 Å². The molecule has 8 nitrogen and oxygen atoms in total. The standard InChI is InChI=1S/C19H18N4O4/c1-6-22-16(24)12(10(3)14(9-20)18(22)26)8-13-11(4)15(21-5)19(27)23(7-2)17(13)25/h8,27H,6-7H2,1-4H3/p-1. The van der Waals surface area contributed by atoms with Gasteiger partial charge in [0.15, 0.2) is 5.69 Å². The normalized spacial score (nSPS) is 15.9. The van der Waals surface area contributed by atoms with Gasteiger partial charge in [0.2, 0.25) is 0 Å². The number of amides is 2. The minimum Gasteiger partial charge on any atom is -0.869 e. The lowest BCUT2D eigenvalue weighted by molar-refractivity contribution is -0.278. The first-order chi connectivity index (χ1) is 12.7. The van der Waals surface area contributed by atoms with Crippen molar-refractivity contribution in [1.29, 1.82) is 5.26 Å². The van der Waals surface area contributed by atoms with E-state index in [9.17, 15) is 24.8 Å². The lowest BCUT2D eigenvalue weighted by Crippen LogP contribution is -2.42. The molecule has 2 heterocycles. The Hall–Kier alpha value is -3.65. The van der Waals surface area contributed by atoms with Crippen molar-refractivity contribution in [3.05, 3.63) is 49.6 Å². The molecule has 138 valence electrons. The van der Waals surface area contributed by atoms with E-state index in [-0.39, 0.29) is 46.6 Å². The summed E-state index contributed by atoms with van der Waals surface area (Å²) in [5.41, 5.74) is -0.637. The number of carbonyl (C=O) groups is 2.